The molecule has 2 aromatic heterocycles. The van der Waals surface area contributed by atoms with E-state index < -0.39 is 6.10 Å². The van der Waals surface area contributed by atoms with Crippen molar-refractivity contribution in [2.45, 2.75) is 40.7 Å². The molecule has 0 aliphatic heterocycles. The van der Waals surface area contributed by atoms with Gasteiger partial charge in [-0.25, -0.2) is 0 Å². The van der Waals surface area contributed by atoms with E-state index in [-0.39, 0.29) is 0 Å². The van der Waals surface area contributed by atoms with Gasteiger partial charge in [-0.15, -0.1) is 22.7 Å². The van der Waals surface area contributed by atoms with E-state index in [0.717, 1.165) is 10.4 Å². The van der Waals surface area contributed by atoms with Crippen molar-refractivity contribution in [2.75, 3.05) is 0 Å². The van der Waals surface area contributed by atoms with Crippen LogP contribution in [0, 0.1) is 34.6 Å². The van der Waals surface area contributed by atoms with E-state index in [1.54, 1.807) is 22.7 Å². The third-order valence-electron chi connectivity index (χ3n) is 4.76. The molecule has 0 spiro atoms. The average molecular weight is 316 g/mol. The zero-order valence-corrected chi connectivity index (χ0v) is 14.7. The molecule has 0 saturated carbocycles. The van der Waals surface area contributed by atoms with Gasteiger partial charge in [0.1, 0.15) is 6.10 Å². The van der Waals surface area contributed by atoms with Crippen LogP contribution in [0.15, 0.2) is 17.5 Å². The highest BCUT2D eigenvalue weighted by atomic mass is 32.1. The van der Waals surface area contributed by atoms with Gasteiger partial charge in [0.25, 0.3) is 0 Å². The first-order valence-electron chi connectivity index (χ1n) is 7.13. The minimum Gasteiger partial charge on any atom is -0.383 e. The molecule has 110 valence electrons. The van der Waals surface area contributed by atoms with Crippen molar-refractivity contribution in [1.29, 1.82) is 0 Å². The first-order valence-corrected chi connectivity index (χ1v) is 8.83. The number of hydrogen-bond donors (Lipinski definition) is 1. The molecule has 0 radical (unpaired) electrons. The summed E-state index contributed by atoms with van der Waals surface area (Å²) in [5, 5.41) is 13.0. The molecule has 3 aromatic rings. The van der Waals surface area contributed by atoms with Crippen molar-refractivity contribution in [3.05, 3.63) is 55.8 Å². The third kappa shape index (κ3) is 2.24. The van der Waals surface area contributed by atoms with Gasteiger partial charge in [0, 0.05) is 14.3 Å². The fraction of sp³-hybridized carbons (Fsp3) is 0.333. The van der Waals surface area contributed by atoms with E-state index in [9.17, 15) is 5.11 Å². The van der Waals surface area contributed by atoms with Gasteiger partial charge in [0.2, 0.25) is 0 Å². The lowest BCUT2D eigenvalue weighted by Crippen LogP contribution is -2.08. The number of hydrogen-bond acceptors (Lipinski definition) is 3. The number of benzene rings is 1. The van der Waals surface area contributed by atoms with Crippen LogP contribution in [0.1, 0.15) is 44.4 Å². The van der Waals surface area contributed by atoms with Crippen LogP contribution >= 0.6 is 22.7 Å². The van der Waals surface area contributed by atoms with E-state index in [1.807, 2.05) is 0 Å². The molecule has 0 aliphatic rings. The van der Waals surface area contributed by atoms with E-state index in [1.165, 1.54) is 37.2 Å². The molecule has 0 aliphatic carbocycles. The smallest absolute Gasteiger partial charge is 0.114 e. The average Bonchev–Trinajstić information content (AvgIpc) is 3.04. The fourth-order valence-corrected chi connectivity index (χ4v) is 5.12. The van der Waals surface area contributed by atoms with Gasteiger partial charge in [0.15, 0.2) is 0 Å². The van der Waals surface area contributed by atoms with Gasteiger partial charge in [-0.05, 0) is 85.5 Å². The highest BCUT2D eigenvalue weighted by Crippen LogP contribution is 2.39. The van der Waals surface area contributed by atoms with E-state index >= 15 is 0 Å². The van der Waals surface area contributed by atoms with Crippen LogP contribution in [0.4, 0.5) is 0 Å². The Labute approximate surface area is 133 Å². The van der Waals surface area contributed by atoms with Gasteiger partial charge in [-0.2, -0.15) is 0 Å². The zero-order chi connectivity index (χ0) is 15.3. The molecule has 0 bridgehead atoms. The summed E-state index contributed by atoms with van der Waals surface area (Å²) in [4.78, 5) is 1.05. The quantitative estimate of drug-likeness (QED) is 0.653. The lowest BCUT2D eigenvalue weighted by atomic mass is 9.87. The summed E-state index contributed by atoms with van der Waals surface area (Å²) in [7, 11) is 0. The second-order valence-electron chi connectivity index (χ2n) is 5.74. The molecule has 1 atom stereocenters. The molecule has 3 rings (SSSR count). The highest BCUT2D eigenvalue weighted by Gasteiger charge is 2.21. The van der Waals surface area contributed by atoms with Crippen LogP contribution < -0.4 is 0 Å². The van der Waals surface area contributed by atoms with Crippen molar-refractivity contribution in [1.82, 2.24) is 0 Å². The van der Waals surface area contributed by atoms with E-state index in [4.69, 9.17) is 0 Å². The summed E-state index contributed by atoms with van der Waals surface area (Å²) in [6, 6.07) is 4.27. The van der Waals surface area contributed by atoms with Crippen LogP contribution in [0.5, 0.6) is 0 Å². The fourth-order valence-electron chi connectivity index (χ4n) is 3.00. The molecule has 3 heteroatoms. The maximum Gasteiger partial charge on any atom is 0.114 e. The Morgan fingerprint density at radius 1 is 0.857 bits per heavy atom. The first-order chi connectivity index (χ1) is 9.91. The molecule has 2 heterocycles. The predicted molar refractivity (Wildman–Crippen MR) is 93.9 cm³/mol. The summed E-state index contributed by atoms with van der Waals surface area (Å²) in [5.74, 6) is 0. The number of fused-ring (bicyclic) bond motifs is 1. The standard InChI is InChI=1S/C18H20OS2/c1-9-10(2)12(4)17(13(5)11(9)3)18(19)16-8-15-14(21-16)6-7-20-15/h6-8,18-19H,1-5H3. The van der Waals surface area contributed by atoms with E-state index in [2.05, 4.69) is 52.1 Å². The van der Waals surface area contributed by atoms with Crippen LogP contribution in [-0.2, 0) is 0 Å². The molecule has 0 amide bonds. The zero-order valence-electron chi connectivity index (χ0n) is 13.1. The minimum absolute atomic E-state index is 0.521. The lowest BCUT2D eigenvalue weighted by molar-refractivity contribution is 0.222. The Bertz CT molecular complexity index is 766. The molecule has 1 aromatic carbocycles. The van der Waals surface area contributed by atoms with Gasteiger partial charge in [0.05, 0.1) is 0 Å². The highest BCUT2D eigenvalue weighted by molar-refractivity contribution is 7.26. The Morgan fingerprint density at radius 3 is 2.00 bits per heavy atom. The van der Waals surface area contributed by atoms with Gasteiger partial charge < -0.3 is 5.11 Å². The Hall–Kier alpha value is -1.16. The third-order valence-corrected chi connectivity index (χ3v) is 6.91. The van der Waals surface area contributed by atoms with Gasteiger partial charge in [-0.3, -0.25) is 0 Å². The SMILES string of the molecule is Cc1c(C)c(C)c(C(O)c2cc3sccc3s2)c(C)c1C. The van der Waals surface area contributed by atoms with Crippen molar-refractivity contribution in [2.24, 2.45) is 0 Å². The summed E-state index contributed by atoms with van der Waals surface area (Å²) in [6.07, 6.45) is -0.521. The second kappa shape index (κ2) is 5.24. The Balaban J connectivity index is 2.17. The predicted octanol–water partition coefficient (Wildman–Crippen LogP) is 5.59. The van der Waals surface area contributed by atoms with Crippen molar-refractivity contribution < 1.29 is 5.11 Å². The number of thiophene rings is 2. The molecule has 21 heavy (non-hydrogen) atoms. The van der Waals surface area contributed by atoms with Gasteiger partial charge in [-0.1, -0.05) is 0 Å². The topological polar surface area (TPSA) is 20.2 Å². The summed E-state index contributed by atoms with van der Waals surface area (Å²) >= 11 is 3.44. The van der Waals surface area contributed by atoms with Gasteiger partial charge >= 0.3 is 0 Å². The normalized spacial score (nSPS) is 13.0. The monoisotopic (exact) mass is 316 g/mol. The number of aliphatic hydroxyl groups is 1. The summed E-state index contributed by atoms with van der Waals surface area (Å²) in [5.41, 5.74) is 7.47. The lowest BCUT2D eigenvalue weighted by Gasteiger charge is -2.22. The summed E-state index contributed by atoms with van der Waals surface area (Å²) in [6.45, 7) is 10.7. The maximum absolute atomic E-state index is 10.9. The molecular formula is C18H20OS2. The minimum atomic E-state index is -0.521. The molecule has 0 saturated heterocycles. The van der Waals surface area contributed by atoms with Crippen LogP contribution in [0.25, 0.3) is 9.40 Å². The second-order valence-corrected chi connectivity index (χ2v) is 7.80. The molecule has 1 N–H and O–H groups in total. The largest absolute Gasteiger partial charge is 0.383 e. The Kier molecular flexibility index (Phi) is 3.68. The Morgan fingerprint density at radius 2 is 1.43 bits per heavy atom. The molecule has 0 fully saturated rings. The molecule has 1 unspecified atom stereocenters. The van der Waals surface area contributed by atoms with Crippen molar-refractivity contribution in [3.8, 4) is 0 Å². The maximum atomic E-state index is 10.9. The first kappa shape index (κ1) is 14.8. The van der Waals surface area contributed by atoms with Crippen LogP contribution in [0.2, 0.25) is 0 Å². The van der Waals surface area contributed by atoms with Crippen molar-refractivity contribution in [3.63, 3.8) is 0 Å². The van der Waals surface area contributed by atoms with Crippen LogP contribution in [-0.4, -0.2) is 5.11 Å². The van der Waals surface area contributed by atoms with Crippen molar-refractivity contribution >= 4 is 32.1 Å². The number of rotatable bonds is 2. The number of aliphatic hydroxyl groups excluding tert-OH is 1. The summed E-state index contributed by atoms with van der Waals surface area (Å²) < 4.78 is 2.54. The van der Waals surface area contributed by atoms with Crippen LogP contribution in [0.3, 0.4) is 0 Å². The van der Waals surface area contributed by atoms with E-state index in [0.29, 0.717) is 0 Å². The molecule has 1 nitrogen and oxygen atoms in total. The molecular weight excluding hydrogens is 296 g/mol.